The Hall–Kier alpha value is -2.38. The molecule has 2 aromatic carbocycles. The van der Waals surface area contributed by atoms with Crippen LogP contribution >= 0.6 is 0 Å². The molecule has 0 fully saturated rings. The fraction of sp³-hybridized carbons (Fsp3) is 0.250. The maximum Gasteiger partial charge on any atom is 0.416 e. The molecule has 0 saturated heterocycles. The minimum atomic E-state index is -4.75. The molecule has 0 aliphatic rings. The number of benzene rings is 2. The summed E-state index contributed by atoms with van der Waals surface area (Å²) in [6.45, 7) is 2.23. The number of halogens is 6. The minimum Gasteiger partial charge on any atom is -0.507 e. The van der Waals surface area contributed by atoms with Crippen molar-refractivity contribution in [2.75, 3.05) is 0 Å². The zero-order chi connectivity index (χ0) is 18.4. The Balaban J connectivity index is 2.77. The molecule has 0 radical (unpaired) electrons. The summed E-state index contributed by atoms with van der Waals surface area (Å²) in [5, 5.41) is 19.7. The molecule has 0 bridgehead atoms. The van der Waals surface area contributed by atoms with Gasteiger partial charge in [-0.1, -0.05) is 0 Å². The van der Waals surface area contributed by atoms with E-state index in [2.05, 4.69) is 0 Å². The highest BCUT2D eigenvalue weighted by Gasteiger charge is 2.35. The van der Waals surface area contributed by atoms with E-state index in [1.807, 2.05) is 0 Å². The van der Waals surface area contributed by atoms with Crippen molar-refractivity contribution in [3.8, 4) is 22.6 Å². The molecular weight excluding hydrogens is 338 g/mol. The molecule has 130 valence electrons. The van der Waals surface area contributed by atoms with Crippen molar-refractivity contribution in [3.05, 3.63) is 46.5 Å². The second-order valence-electron chi connectivity index (χ2n) is 5.36. The lowest BCUT2D eigenvalue weighted by atomic mass is 9.94. The van der Waals surface area contributed by atoms with E-state index in [9.17, 15) is 36.6 Å². The Labute approximate surface area is 133 Å². The third-order valence-electron chi connectivity index (χ3n) is 3.59. The van der Waals surface area contributed by atoms with Gasteiger partial charge in [-0.3, -0.25) is 0 Å². The Morgan fingerprint density at radius 3 is 1.17 bits per heavy atom. The predicted molar refractivity (Wildman–Crippen MR) is 74.7 cm³/mol. The van der Waals surface area contributed by atoms with Gasteiger partial charge in [0.15, 0.2) is 0 Å². The van der Waals surface area contributed by atoms with Gasteiger partial charge in [-0.2, -0.15) is 26.3 Å². The fourth-order valence-electron chi connectivity index (χ4n) is 2.43. The third-order valence-corrected chi connectivity index (χ3v) is 3.59. The Kier molecular flexibility index (Phi) is 4.20. The van der Waals surface area contributed by atoms with E-state index in [1.165, 1.54) is 0 Å². The molecule has 0 atom stereocenters. The molecule has 0 aromatic heterocycles. The van der Waals surface area contributed by atoms with Gasteiger partial charge in [0.1, 0.15) is 11.5 Å². The first-order valence-electron chi connectivity index (χ1n) is 6.64. The van der Waals surface area contributed by atoms with Crippen LogP contribution in [0.3, 0.4) is 0 Å². The van der Waals surface area contributed by atoms with Crippen LogP contribution in [0.2, 0.25) is 0 Å². The summed E-state index contributed by atoms with van der Waals surface area (Å²) in [5.74, 6) is -1.32. The lowest BCUT2D eigenvalue weighted by molar-refractivity contribution is -0.139. The van der Waals surface area contributed by atoms with Crippen LogP contribution in [0.15, 0.2) is 24.3 Å². The SMILES string of the molecule is Cc1cc(O)c(-c2cc(C(F)(F)F)c(C)cc2O)cc1C(F)(F)F. The summed E-state index contributed by atoms with van der Waals surface area (Å²) in [6.07, 6.45) is -9.50. The molecule has 2 N–H and O–H groups in total. The van der Waals surface area contributed by atoms with Crippen molar-refractivity contribution in [3.63, 3.8) is 0 Å². The summed E-state index contributed by atoms with van der Waals surface area (Å²) in [7, 11) is 0. The number of aryl methyl sites for hydroxylation is 2. The summed E-state index contributed by atoms with van der Waals surface area (Å²) in [4.78, 5) is 0. The van der Waals surface area contributed by atoms with Crippen LogP contribution in [-0.4, -0.2) is 10.2 Å². The van der Waals surface area contributed by atoms with Gasteiger partial charge >= 0.3 is 12.4 Å². The molecule has 0 amide bonds. The second-order valence-corrected chi connectivity index (χ2v) is 5.36. The van der Waals surface area contributed by atoms with E-state index in [0.717, 1.165) is 26.0 Å². The topological polar surface area (TPSA) is 40.5 Å². The zero-order valence-corrected chi connectivity index (χ0v) is 12.5. The maximum atomic E-state index is 13.0. The molecule has 0 unspecified atom stereocenters. The average Bonchev–Trinajstić information content (AvgIpc) is 2.36. The first-order chi connectivity index (χ1) is 10.8. The van der Waals surface area contributed by atoms with Crippen molar-refractivity contribution < 1.29 is 36.6 Å². The van der Waals surface area contributed by atoms with Gasteiger partial charge in [0.2, 0.25) is 0 Å². The number of alkyl halides is 6. The number of aromatic hydroxyl groups is 2. The van der Waals surface area contributed by atoms with E-state index in [1.54, 1.807) is 0 Å². The summed E-state index contributed by atoms with van der Waals surface area (Å²) in [6, 6.07) is 2.64. The molecule has 0 aliphatic heterocycles. The number of phenols is 2. The van der Waals surface area contributed by atoms with Crippen LogP contribution < -0.4 is 0 Å². The van der Waals surface area contributed by atoms with E-state index in [0.29, 0.717) is 12.1 Å². The molecule has 0 saturated carbocycles. The van der Waals surface area contributed by atoms with E-state index in [-0.39, 0.29) is 11.1 Å². The van der Waals surface area contributed by atoms with Gasteiger partial charge in [-0.15, -0.1) is 0 Å². The lowest BCUT2D eigenvalue weighted by Gasteiger charge is -2.17. The van der Waals surface area contributed by atoms with Crippen LogP contribution in [0.25, 0.3) is 11.1 Å². The van der Waals surface area contributed by atoms with Gasteiger partial charge in [0.25, 0.3) is 0 Å². The maximum absolute atomic E-state index is 13.0. The van der Waals surface area contributed by atoms with Gasteiger partial charge in [0, 0.05) is 11.1 Å². The monoisotopic (exact) mass is 350 g/mol. The smallest absolute Gasteiger partial charge is 0.416 e. The molecule has 2 aromatic rings. The molecular formula is C16H12F6O2. The average molecular weight is 350 g/mol. The number of rotatable bonds is 1. The van der Waals surface area contributed by atoms with Crippen molar-refractivity contribution in [1.82, 2.24) is 0 Å². The summed E-state index contributed by atoms with van der Waals surface area (Å²) >= 11 is 0. The number of hydrogen-bond acceptors (Lipinski definition) is 2. The van der Waals surface area contributed by atoms with Gasteiger partial charge in [0.05, 0.1) is 11.1 Å². The highest BCUT2D eigenvalue weighted by Crippen LogP contribution is 2.44. The van der Waals surface area contributed by atoms with Gasteiger partial charge in [-0.25, -0.2) is 0 Å². The second kappa shape index (κ2) is 5.61. The van der Waals surface area contributed by atoms with Gasteiger partial charge < -0.3 is 10.2 Å². The van der Waals surface area contributed by atoms with E-state index in [4.69, 9.17) is 0 Å². The van der Waals surface area contributed by atoms with Crippen molar-refractivity contribution in [2.24, 2.45) is 0 Å². The predicted octanol–water partition coefficient (Wildman–Crippen LogP) is 5.42. The standard InChI is InChI=1S/C16H12F6O2/c1-7-3-13(23)9(5-11(7)15(17,18)19)10-6-12(16(20,21)22)8(2)4-14(10)24/h3-6,23-24H,1-2H3. The van der Waals surface area contributed by atoms with Crippen LogP contribution in [0.1, 0.15) is 22.3 Å². The number of hydrogen-bond donors (Lipinski definition) is 2. The van der Waals surface area contributed by atoms with Crippen molar-refractivity contribution in [2.45, 2.75) is 26.2 Å². The molecule has 0 aliphatic carbocycles. The van der Waals surface area contributed by atoms with E-state index >= 15 is 0 Å². The first kappa shape index (κ1) is 18.0. The first-order valence-corrected chi connectivity index (χ1v) is 6.64. The lowest BCUT2D eigenvalue weighted by Crippen LogP contribution is -2.09. The zero-order valence-electron chi connectivity index (χ0n) is 12.5. The molecule has 8 heteroatoms. The Morgan fingerprint density at radius 1 is 0.625 bits per heavy atom. The highest BCUT2D eigenvalue weighted by molar-refractivity contribution is 5.77. The fourth-order valence-corrected chi connectivity index (χ4v) is 2.43. The Bertz CT molecular complexity index is 723. The summed E-state index contributed by atoms with van der Waals surface area (Å²) in [5.41, 5.74) is -3.85. The van der Waals surface area contributed by atoms with Crippen LogP contribution in [0.5, 0.6) is 11.5 Å². The van der Waals surface area contributed by atoms with Crippen molar-refractivity contribution >= 4 is 0 Å². The Morgan fingerprint density at radius 2 is 0.917 bits per heavy atom. The van der Waals surface area contributed by atoms with Crippen LogP contribution in [0, 0.1) is 13.8 Å². The molecule has 0 spiro atoms. The quantitative estimate of drug-likeness (QED) is 0.674. The highest BCUT2D eigenvalue weighted by atomic mass is 19.4. The van der Waals surface area contributed by atoms with E-state index < -0.39 is 46.1 Å². The third kappa shape index (κ3) is 3.27. The number of phenolic OH excluding ortho intramolecular Hbond substituents is 2. The van der Waals surface area contributed by atoms with Crippen LogP contribution in [0.4, 0.5) is 26.3 Å². The minimum absolute atomic E-state index is 0.286. The molecule has 2 rings (SSSR count). The van der Waals surface area contributed by atoms with Crippen molar-refractivity contribution in [1.29, 1.82) is 0 Å². The normalized spacial score (nSPS) is 12.5. The largest absolute Gasteiger partial charge is 0.507 e. The van der Waals surface area contributed by atoms with Crippen LogP contribution in [-0.2, 0) is 12.4 Å². The summed E-state index contributed by atoms with van der Waals surface area (Å²) < 4.78 is 77.9. The molecule has 24 heavy (non-hydrogen) atoms. The van der Waals surface area contributed by atoms with Gasteiger partial charge in [-0.05, 0) is 49.2 Å². The molecule has 0 heterocycles. The molecule has 2 nitrogen and oxygen atoms in total.